The molecule has 0 spiro atoms. The first kappa shape index (κ1) is 24.5. The summed E-state index contributed by atoms with van der Waals surface area (Å²) < 4.78 is 65.7. The van der Waals surface area contributed by atoms with Crippen molar-refractivity contribution in [1.82, 2.24) is 0 Å². The molecule has 0 N–H and O–H groups in total. The minimum Gasteiger partial charge on any atom is -0.456 e. The number of esters is 1. The maximum atomic E-state index is 13.8. The Kier molecular flexibility index (Phi) is 7.27. The number of methoxy groups -OCH3 is 1. The summed E-state index contributed by atoms with van der Waals surface area (Å²) in [4.78, 5) is 20.9. The van der Waals surface area contributed by atoms with E-state index >= 15 is 0 Å². The van der Waals surface area contributed by atoms with Gasteiger partial charge in [-0.3, -0.25) is 4.99 Å². The second-order valence-corrected chi connectivity index (χ2v) is 7.83. The summed E-state index contributed by atoms with van der Waals surface area (Å²) in [6.07, 6.45) is -4.44. The number of carbonyl (C=O) groups excluding carboxylic acids is 1. The van der Waals surface area contributed by atoms with Crippen LogP contribution in [0.4, 0.5) is 17.6 Å². The van der Waals surface area contributed by atoms with E-state index in [1.807, 2.05) is 0 Å². The van der Waals surface area contributed by atoms with Gasteiger partial charge in [-0.25, -0.2) is 15.8 Å². The highest BCUT2D eigenvalue weighted by atomic mass is 19.4. The molecular weight excluding hydrogens is 416 g/mol. The maximum Gasteiger partial charge on any atom is 0.416 e. The van der Waals surface area contributed by atoms with Crippen LogP contribution in [0.2, 0.25) is 0 Å². The predicted molar refractivity (Wildman–Crippen MR) is 107 cm³/mol. The van der Waals surface area contributed by atoms with Crippen LogP contribution in [0.5, 0.6) is 0 Å². The van der Waals surface area contributed by atoms with Gasteiger partial charge in [-0.05, 0) is 44.9 Å². The summed E-state index contributed by atoms with van der Waals surface area (Å²) in [5.74, 6) is -3.31. The third-order valence-electron chi connectivity index (χ3n) is 5.19. The molecule has 2 atom stereocenters. The van der Waals surface area contributed by atoms with E-state index in [9.17, 15) is 22.4 Å². The summed E-state index contributed by atoms with van der Waals surface area (Å²) >= 11 is 0. The van der Waals surface area contributed by atoms with Crippen molar-refractivity contribution in [3.05, 3.63) is 57.8 Å². The number of carbonyl (C=O) groups is 1. The summed E-state index contributed by atoms with van der Waals surface area (Å²) in [6.45, 7) is 14.0. The minimum atomic E-state index is -4.90. The molecule has 0 saturated heterocycles. The number of halogens is 4. The van der Waals surface area contributed by atoms with Crippen molar-refractivity contribution in [3.8, 4) is 0 Å². The molecule has 2 unspecified atom stereocenters. The number of aliphatic imine (C=N–C) groups is 1. The Labute approximate surface area is 178 Å². The van der Waals surface area contributed by atoms with Gasteiger partial charge in [-0.2, -0.15) is 13.2 Å². The molecule has 0 bridgehead atoms. The molecule has 168 valence electrons. The first-order valence-corrected chi connectivity index (χ1v) is 9.60. The molecule has 0 aromatic heterocycles. The van der Waals surface area contributed by atoms with Crippen LogP contribution in [0.1, 0.15) is 51.2 Å². The van der Waals surface area contributed by atoms with E-state index in [4.69, 9.17) is 16.0 Å². The number of nitrogens with zero attached hydrogens (tertiary/aromatic N) is 2. The summed E-state index contributed by atoms with van der Waals surface area (Å²) in [5, 5.41) is 0. The fourth-order valence-electron chi connectivity index (χ4n) is 3.33. The van der Waals surface area contributed by atoms with E-state index < -0.39 is 41.1 Å². The quantitative estimate of drug-likeness (QED) is 0.342. The molecule has 0 amide bonds. The smallest absolute Gasteiger partial charge is 0.416 e. The van der Waals surface area contributed by atoms with Gasteiger partial charge in [0.1, 0.15) is 11.4 Å². The zero-order valence-corrected chi connectivity index (χ0v) is 17.9. The van der Waals surface area contributed by atoms with E-state index in [1.54, 1.807) is 20.8 Å². The lowest BCUT2D eigenvalue weighted by Crippen LogP contribution is -2.37. The Bertz CT molecular complexity index is 958. The Hall–Kier alpha value is -2.73. The van der Waals surface area contributed by atoms with Crippen molar-refractivity contribution in [3.63, 3.8) is 0 Å². The minimum absolute atomic E-state index is 0.0826. The van der Waals surface area contributed by atoms with E-state index in [-0.39, 0.29) is 29.2 Å². The van der Waals surface area contributed by atoms with Gasteiger partial charge in [0.25, 0.3) is 6.04 Å². The van der Waals surface area contributed by atoms with Gasteiger partial charge in [0.05, 0.1) is 35.1 Å². The molecule has 9 heteroatoms. The van der Waals surface area contributed by atoms with Crippen molar-refractivity contribution >= 4 is 11.7 Å². The Morgan fingerprint density at radius 1 is 1.29 bits per heavy atom. The lowest BCUT2D eigenvalue weighted by molar-refractivity contribution is -0.152. The van der Waals surface area contributed by atoms with Crippen molar-refractivity contribution in [1.29, 1.82) is 0 Å². The molecule has 31 heavy (non-hydrogen) atoms. The highest BCUT2D eigenvalue weighted by Crippen LogP contribution is 2.44. The number of alkyl halides is 3. The first-order chi connectivity index (χ1) is 14.4. The standard InChI is InChI=1S/C22H24F4N2O3/c1-7-21(3,4)31-20(29)18-16(11-30-6)28-12(2)19(27-5)17(18)14-9-8-13(23)10-15(14)22(24,25)26/h8-10,17,19H,7,11H2,1-4,6H3. The van der Waals surface area contributed by atoms with Gasteiger partial charge in [-0.1, -0.05) is 13.0 Å². The average Bonchev–Trinajstić information content (AvgIpc) is 2.66. The third kappa shape index (κ3) is 5.31. The molecule has 0 aliphatic carbocycles. The van der Waals surface area contributed by atoms with E-state index in [2.05, 4.69) is 9.84 Å². The van der Waals surface area contributed by atoms with Gasteiger partial charge < -0.3 is 14.3 Å². The average molecular weight is 440 g/mol. The lowest BCUT2D eigenvalue weighted by atomic mass is 9.78. The van der Waals surface area contributed by atoms with E-state index in [0.717, 1.165) is 12.1 Å². The second kappa shape index (κ2) is 9.18. The predicted octanol–water partition coefficient (Wildman–Crippen LogP) is 5.32. The normalized spacial score (nSPS) is 19.7. The largest absolute Gasteiger partial charge is 0.456 e. The zero-order chi connectivity index (χ0) is 23.6. The molecule has 0 fully saturated rings. The summed E-state index contributed by atoms with van der Waals surface area (Å²) in [5.41, 5.74) is -2.41. The van der Waals surface area contributed by atoms with Crippen molar-refractivity contribution in [2.24, 2.45) is 4.99 Å². The summed E-state index contributed by atoms with van der Waals surface area (Å²) in [6, 6.07) is 1.01. The van der Waals surface area contributed by atoms with Gasteiger partial charge in [0.2, 0.25) is 0 Å². The molecule has 0 saturated carbocycles. The molecule has 1 aromatic rings. The SMILES string of the molecule is [C-]#[N+]C1C(C)=NC(COC)=C(C(=O)OC(C)(C)CC)C1c1ccc(F)cc1C(F)(F)F. The molecule has 0 radical (unpaired) electrons. The highest BCUT2D eigenvalue weighted by molar-refractivity contribution is 6.00. The van der Waals surface area contributed by atoms with Gasteiger partial charge in [-0.15, -0.1) is 0 Å². The Morgan fingerprint density at radius 3 is 2.45 bits per heavy atom. The van der Waals surface area contributed by atoms with Crippen LogP contribution >= 0.6 is 0 Å². The third-order valence-corrected chi connectivity index (χ3v) is 5.19. The zero-order valence-electron chi connectivity index (χ0n) is 17.9. The number of ether oxygens (including phenoxy) is 2. The molecular formula is C22H24F4N2O3. The fourth-order valence-corrected chi connectivity index (χ4v) is 3.33. The molecule has 5 nitrogen and oxygen atoms in total. The van der Waals surface area contributed by atoms with Crippen LogP contribution in [0, 0.1) is 12.4 Å². The van der Waals surface area contributed by atoms with Crippen molar-refractivity contribution in [2.75, 3.05) is 13.7 Å². The van der Waals surface area contributed by atoms with E-state index in [1.165, 1.54) is 14.0 Å². The molecule has 1 aliphatic heterocycles. The van der Waals surface area contributed by atoms with Gasteiger partial charge >= 0.3 is 12.1 Å². The number of rotatable bonds is 6. The Morgan fingerprint density at radius 2 is 1.94 bits per heavy atom. The van der Waals surface area contributed by atoms with Gasteiger partial charge in [0, 0.05) is 7.11 Å². The molecule has 1 aromatic carbocycles. The molecule has 1 aliphatic rings. The van der Waals surface area contributed by atoms with Crippen LogP contribution in [0.3, 0.4) is 0 Å². The van der Waals surface area contributed by atoms with E-state index in [0.29, 0.717) is 12.5 Å². The number of hydrogen-bond acceptors (Lipinski definition) is 4. The van der Waals surface area contributed by atoms with Crippen LogP contribution in [-0.4, -0.2) is 37.0 Å². The van der Waals surface area contributed by atoms with Crippen LogP contribution in [0.25, 0.3) is 4.85 Å². The first-order valence-electron chi connectivity index (χ1n) is 9.60. The maximum absolute atomic E-state index is 13.8. The Balaban J connectivity index is 2.82. The fraction of sp³-hybridized carbons (Fsp3) is 0.500. The number of benzene rings is 1. The highest BCUT2D eigenvalue weighted by Gasteiger charge is 2.47. The van der Waals surface area contributed by atoms with Crippen LogP contribution < -0.4 is 0 Å². The number of hydrogen-bond donors (Lipinski definition) is 0. The van der Waals surface area contributed by atoms with Crippen LogP contribution in [-0.2, 0) is 20.4 Å². The topological polar surface area (TPSA) is 52.2 Å². The molecule has 2 rings (SSSR count). The van der Waals surface area contributed by atoms with Crippen LogP contribution in [0.15, 0.2) is 34.5 Å². The molecule has 1 heterocycles. The second-order valence-electron chi connectivity index (χ2n) is 7.83. The lowest BCUT2D eigenvalue weighted by Gasteiger charge is -2.31. The van der Waals surface area contributed by atoms with Crippen molar-refractivity contribution < 1.29 is 31.8 Å². The van der Waals surface area contributed by atoms with Crippen molar-refractivity contribution in [2.45, 2.75) is 57.9 Å². The summed E-state index contributed by atoms with van der Waals surface area (Å²) in [7, 11) is 1.35. The monoisotopic (exact) mass is 440 g/mol. The van der Waals surface area contributed by atoms with Gasteiger partial charge in [0.15, 0.2) is 0 Å².